The van der Waals surface area contributed by atoms with Gasteiger partial charge < -0.3 is 9.67 Å². The molecule has 5 heteroatoms. The van der Waals surface area contributed by atoms with Crippen molar-refractivity contribution in [3.8, 4) is 11.1 Å². The monoisotopic (exact) mass is 407 g/mol. The highest BCUT2D eigenvalue weighted by Gasteiger charge is 2.26. The second-order valence-electron chi connectivity index (χ2n) is 8.16. The van der Waals surface area contributed by atoms with Crippen LogP contribution in [0.3, 0.4) is 0 Å². The van der Waals surface area contributed by atoms with Crippen molar-refractivity contribution < 1.29 is 9.90 Å². The van der Waals surface area contributed by atoms with Gasteiger partial charge in [0.05, 0.1) is 23.3 Å². The minimum absolute atomic E-state index is 0.278. The van der Waals surface area contributed by atoms with Crippen molar-refractivity contribution in [3.63, 3.8) is 0 Å². The number of carbonyl (C=O) groups is 1. The number of carboxylic acid groups (broad SMARTS) is 1. The smallest absolute Gasteiger partial charge is 0.337 e. The van der Waals surface area contributed by atoms with E-state index in [-0.39, 0.29) is 5.56 Å². The van der Waals surface area contributed by atoms with E-state index in [9.17, 15) is 9.90 Å². The summed E-state index contributed by atoms with van der Waals surface area (Å²) in [6.45, 7) is 7.57. The molecule has 4 aromatic rings. The van der Waals surface area contributed by atoms with Gasteiger partial charge in [-0.3, -0.25) is 4.98 Å². The third-order valence-electron chi connectivity index (χ3n) is 5.99. The van der Waals surface area contributed by atoms with Gasteiger partial charge in [-0.05, 0) is 65.3 Å². The number of pyridine rings is 1. The third-order valence-corrected chi connectivity index (χ3v) is 5.99. The first kappa shape index (κ1) is 19.1. The van der Waals surface area contributed by atoms with E-state index in [0.717, 1.165) is 46.0 Å². The van der Waals surface area contributed by atoms with Gasteiger partial charge in [-0.15, -0.1) is 0 Å². The van der Waals surface area contributed by atoms with Crippen molar-refractivity contribution in [2.75, 3.05) is 0 Å². The highest BCUT2D eigenvalue weighted by molar-refractivity contribution is 5.98. The molecule has 152 valence electrons. The van der Waals surface area contributed by atoms with Gasteiger partial charge in [-0.25, -0.2) is 9.64 Å². The first-order valence-corrected chi connectivity index (χ1v) is 10.3. The number of fused-ring (bicyclic) bond motifs is 1. The molecule has 5 nitrogen and oxygen atoms in total. The quantitative estimate of drug-likeness (QED) is 0.415. The van der Waals surface area contributed by atoms with Crippen molar-refractivity contribution >= 4 is 22.6 Å². The summed E-state index contributed by atoms with van der Waals surface area (Å²) in [6.07, 6.45) is 6.47. The van der Waals surface area contributed by atoms with Crippen molar-refractivity contribution in [3.05, 3.63) is 94.7 Å². The molecule has 0 amide bonds. The molecular weight excluding hydrogens is 386 g/mol. The van der Waals surface area contributed by atoms with Gasteiger partial charge in [0.2, 0.25) is 0 Å². The molecule has 0 saturated heterocycles. The van der Waals surface area contributed by atoms with Crippen molar-refractivity contribution in [2.24, 2.45) is 7.05 Å². The molecule has 2 aromatic carbocycles. The average Bonchev–Trinajstić information content (AvgIpc) is 3.56. The molecular formula is C26H21N3O2. The molecule has 1 N–H and O–H groups in total. The summed E-state index contributed by atoms with van der Waals surface area (Å²) in [7, 11) is 1.99. The molecule has 0 spiro atoms. The second-order valence-corrected chi connectivity index (χ2v) is 8.16. The summed E-state index contributed by atoms with van der Waals surface area (Å²) < 4.78 is 2.06. The van der Waals surface area contributed by atoms with E-state index >= 15 is 0 Å². The van der Waals surface area contributed by atoms with Crippen LogP contribution in [-0.4, -0.2) is 20.6 Å². The molecule has 0 radical (unpaired) electrons. The molecule has 1 aliphatic carbocycles. The standard InChI is InChI=1S/C26H21N3O2/c1-27-23-6-4-3-5-20(23)21-12-16(11-18-9-10-29(2)25(18)21)13-24-22(26(30)31)14-19(15-28-24)17-7-8-17/h3-6,9-12,14-15,17H,7-8,13H2,2H3,(H,30,31). The van der Waals surface area contributed by atoms with Crippen LogP contribution in [0.1, 0.15) is 45.9 Å². The molecule has 0 atom stereocenters. The Labute approximate surface area is 180 Å². The van der Waals surface area contributed by atoms with E-state index < -0.39 is 5.97 Å². The molecule has 0 bridgehead atoms. The lowest BCUT2D eigenvalue weighted by atomic mass is 9.95. The number of aryl methyl sites for hydroxylation is 1. The largest absolute Gasteiger partial charge is 0.478 e. The van der Waals surface area contributed by atoms with E-state index in [0.29, 0.717) is 23.7 Å². The lowest BCUT2D eigenvalue weighted by Crippen LogP contribution is -2.07. The molecule has 0 aliphatic heterocycles. The number of aromatic carboxylic acids is 1. The van der Waals surface area contributed by atoms with Gasteiger partial charge in [-0.2, -0.15) is 0 Å². The van der Waals surface area contributed by atoms with Crippen LogP contribution in [0.2, 0.25) is 0 Å². The zero-order valence-electron chi connectivity index (χ0n) is 17.2. The van der Waals surface area contributed by atoms with Crippen LogP contribution in [0.15, 0.2) is 60.9 Å². The predicted molar refractivity (Wildman–Crippen MR) is 121 cm³/mol. The van der Waals surface area contributed by atoms with Crippen LogP contribution in [-0.2, 0) is 13.5 Å². The minimum Gasteiger partial charge on any atom is -0.478 e. The minimum atomic E-state index is -0.940. The Morgan fingerprint density at radius 1 is 1.19 bits per heavy atom. The SMILES string of the molecule is [C-]#[N+]c1ccccc1-c1cc(Cc2ncc(C3CC3)cc2C(=O)O)cc2ccn(C)c12. The third kappa shape index (κ3) is 3.47. The molecule has 1 aliphatic rings. The zero-order valence-corrected chi connectivity index (χ0v) is 17.2. The van der Waals surface area contributed by atoms with Gasteiger partial charge in [0.25, 0.3) is 0 Å². The molecule has 0 unspecified atom stereocenters. The zero-order chi connectivity index (χ0) is 21.5. The van der Waals surface area contributed by atoms with E-state index in [2.05, 4.69) is 26.5 Å². The van der Waals surface area contributed by atoms with Crippen molar-refractivity contribution in [2.45, 2.75) is 25.2 Å². The maximum absolute atomic E-state index is 11.9. The van der Waals surface area contributed by atoms with Crippen LogP contribution in [0.25, 0.3) is 26.9 Å². The summed E-state index contributed by atoms with van der Waals surface area (Å²) in [5.74, 6) is -0.485. The number of rotatable bonds is 5. The maximum atomic E-state index is 11.9. The van der Waals surface area contributed by atoms with Gasteiger partial charge >= 0.3 is 5.97 Å². The van der Waals surface area contributed by atoms with Crippen LogP contribution in [0, 0.1) is 6.57 Å². The Balaban J connectivity index is 1.64. The molecule has 1 fully saturated rings. The molecule has 2 heterocycles. The lowest BCUT2D eigenvalue weighted by molar-refractivity contribution is 0.0695. The number of hydrogen-bond donors (Lipinski definition) is 1. The topological polar surface area (TPSA) is 59.5 Å². The summed E-state index contributed by atoms with van der Waals surface area (Å²) in [5.41, 5.74) is 6.33. The first-order chi connectivity index (χ1) is 15.0. The van der Waals surface area contributed by atoms with Crippen LogP contribution >= 0.6 is 0 Å². The Morgan fingerprint density at radius 3 is 2.74 bits per heavy atom. The van der Waals surface area contributed by atoms with E-state index in [1.165, 1.54) is 0 Å². The normalized spacial score (nSPS) is 13.3. The second kappa shape index (κ2) is 7.41. The summed E-state index contributed by atoms with van der Waals surface area (Å²) >= 11 is 0. The highest BCUT2D eigenvalue weighted by atomic mass is 16.4. The van der Waals surface area contributed by atoms with Crippen molar-refractivity contribution in [1.82, 2.24) is 9.55 Å². The Bertz CT molecular complexity index is 1370. The van der Waals surface area contributed by atoms with Gasteiger partial charge in [0, 0.05) is 31.2 Å². The molecule has 2 aromatic heterocycles. The lowest BCUT2D eigenvalue weighted by Gasteiger charge is -2.13. The van der Waals surface area contributed by atoms with E-state index in [4.69, 9.17) is 6.57 Å². The number of benzene rings is 2. The fraction of sp³-hybridized carbons (Fsp3) is 0.192. The highest BCUT2D eigenvalue weighted by Crippen LogP contribution is 2.40. The Kier molecular flexibility index (Phi) is 4.56. The predicted octanol–water partition coefficient (Wildman–Crippen LogP) is 5.96. The average molecular weight is 407 g/mol. The van der Waals surface area contributed by atoms with Gasteiger partial charge in [0.15, 0.2) is 5.69 Å². The summed E-state index contributed by atoms with van der Waals surface area (Å²) in [6, 6.07) is 15.6. The Morgan fingerprint density at radius 2 is 2.00 bits per heavy atom. The number of aromatic nitrogens is 2. The summed E-state index contributed by atoms with van der Waals surface area (Å²) in [4.78, 5) is 20.2. The number of nitrogens with zero attached hydrogens (tertiary/aromatic N) is 3. The van der Waals surface area contributed by atoms with E-state index in [1.807, 2.05) is 49.8 Å². The Hall–Kier alpha value is -3.91. The fourth-order valence-electron chi connectivity index (χ4n) is 4.28. The van der Waals surface area contributed by atoms with Crippen molar-refractivity contribution in [1.29, 1.82) is 0 Å². The number of para-hydroxylation sites is 1. The van der Waals surface area contributed by atoms with E-state index in [1.54, 1.807) is 6.07 Å². The first-order valence-electron chi connectivity index (χ1n) is 10.3. The fourth-order valence-corrected chi connectivity index (χ4v) is 4.28. The number of hydrogen-bond acceptors (Lipinski definition) is 2. The van der Waals surface area contributed by atoms with Crippen LogP contribution in [0.4, 0.5) is 5.69 Å². The van der Waals surface area contributed by atoms with Crippen LogP contribution < -0.4 is 0 Å². The molecule has 5 rings (SSSR count). The molecule has 1 saturated carbocycles. The van der Waals surface area contributed by atoms with Gasteiger partial charge in [0.1, 0.15) is 0 Å². The van der Waals surface area contributed by atoms with Gasteiger partial charge in [-0.1, -0.05) is 24.3 Å². The number of carboxylic acids is 1. The summed E-state index contributed by atoms with van der Waals surface area (Å²) in [5, 5.41) is 10.8. The molecule has 31 heavy (non-hydrogen) atoms. The van der Waals surface area contributed by atoms with Crippen LogP contribution in [0.5, 0.6) is 0 Å². The maximum Gasteiger partial charge on any atom is 0.337 e.